The van der Waals surface area contributed by atoms with E-state index in [0.717, 1.165) is 38.9 Å². The third kappa shape index (κ3) is 3.59. The van der Waals surface area contributed by atoms with Crippen LogP contribution >= 0.6 is 11.3 Å². The molecule has 6 heteroatoms. The van der Waals surface area contributed by atoms with E-state index in [1.165, 1.54) is 11.3 Å². The predicted molar refractivity (Wildman–Crippen MR) is 111 cm³/mol. The number of benzene rings is 2. The van der Waals surface area contributed by atoms with E-state index >= 15 is 0 Å². The predicted octanol–water partition coefficient (Wildman–Crippen LogP) is 4.99. The molecule has 2 aromatic carbocycles. The van der Waals surface area contributed by atoms with Crippen molar-refractivity contribution in [3.05, 3.63) is 77.3 Å². The van der Waals surface area contributed by atoms with E-state index in [1.54, 1.807) is 0 Å². The normalized spacial score (nSPS) is 10.9. The molecule has 1 N–H and O–H groups in total. The van der Waals surface area contributed by atoms with Crippen LogP contribution in [0.3, 0.4) is 0 Å². The fourth-order valence-corrected chi connectivity index (χ4v) is 4.00. The molecule has 0 atom stereocenters. The molecule has 4 aromatic rings. The Kier molecular flexibility index (Phi) is 5.04. The van der Waals surface area contributed by atoms with Gasteiger partial charge in [0, 0.05) is 28.5 Å². The minimum atomic E-state index is -0.819. The van der Waals surface area contributed by atoms with Gasteiger partial charge >= 0.3 is 5.97 Å². The van der Waals surface area contributed by atoms with Gasteiger partial charge in [-0.3, -0.25) is 4.79 Å². The van der Waals surface area contributed by atoms with Crippen LogP contribution in [0.5, 0.6) is 0 Å². The molecule has 4 rings (SSSR count). The molecule has 0 radical (unpaired) electrons. The Labute approximate surface area is 166 Å². The van der Waals surface area contributed by atoms with Crippen LogP contribution < -0.4 is 0 Å². The van der Waals surface area contributed by atoms with Crippen LogP contribution in [-0.4, -0.2) is 25.8 Å². The van der Waals surface area contributed by atoms with Crippen molar-refractivity contribution >= 4 is 17.3 Å². The van der Waals surface area contributed by atoms with Gasteiger partial charge in [-0.05, 0) is 6.92 Å². The largest absolute Gasteiger partial charge is 0.481 e. The number of aliphatic carboxylic acids is 1. The van der Waals surface area contributed by atoms with Gasteiger partial charge in [-0.15, -0.1) is 11.3 Å². The molecule has 0 saturated carbocycles. The first-order chi connectivity index (χ1) is 13.6. The van der Waals surface area contributed by atoms with E-state index in [4.69, 9.17) is 10.2 Å². The van der Waals surface area contributed by atoms with Crippen LogP contribution in [0, 0.1) is 6.92 Å². The van der Waals surface area contributed by atoms with Crippen molar-refractivity contribution in [2.24, 2.45) is 0 Å². The first kappa shape index (κ1) is 18.1. The summed E-state index contributed by atoms with van der Waals surface area (Å²) >= 11 is 1.48. The highest BCUT2D eigenvalue weighted by Gasteiger charge is 2.20. The van der Waals surface area contributed by atoms with Crippen molar-refractivity contribution in [3.63, 3.8) is 0 Å². The first-order valence-electron chi connectivity index (χ1n) is 9.00. The SMILES string of the molecule is Cc1c(-c2ccccc2)nn(-c2nc(CCC(=O)O)cs2)c1-c1ccccc1. The second-order valence-electron chi connectivity index (χ2n) is 6.48. The van der Waals surface area contributed by atoms with Gasteiger partial charge in [-0.25, -0.2) is 9.67 Å². The van der Waals surface area contributed by atoms with Crippen molar-refractivity contribution < 1.29 is 9.90 Å². The number of hydrogen-bond acceptors (Lipinski definition) is 4. The number of thiazole rings is 1. The van der Waals surface area contributed by atoms with Crippen LogP contribution in [-0.2, 0) is 11.2 Å². The maximum absolute atomic E-state index is 10.9. The summed E-state index contributed by atoms with van der Waals surface area (Å²) in [6.45, 7) is 2.08. The van der Waals surface area contributed by atoms with Gasteiger partial charge in [0.05, 0.1) is 23.5 Å². The highest BCUT2D eigenvalue weighted by Crippen LogP contribution is 2.34. The Hall–Kier alpha value is -3.25. The lowest BCUT2D eigenvalue weighted by molar-refractivity contribution is -0.136. The van der Waals surface area contributed by atoms with E-state index in [9.17, 15) is 4.79 Å². The molecule has 0 fully saturated rings. The van der Waals surface area contributed by atoms with Crippen LogP contribution in [0.4, 0.5) is 0 Å². The van der Waals surface area contributed by atoms with E-state index in [1.807, 2.05) is 46.5 Å². The van der Waals surface area contributed by atoms with Gasteiger partial charge in [0.15, 0.2) is 0 Å². The highest BCUT2D eigenvalue weighted by molar-refractivity contribution is 7.12. The lowest BCUT2D eigenvalue weighted by atomic mass is 10.0. The van der Waals surface area contributed by atoms with E-state index in [0.29, 0.717) is 6.42 Å². The van der Waals surface area contributed by atoms with Crippen LogP contribution in [0.15, 0.2) is 66.0 Å². The molecule has 0 unspecified atom stereocenters. The number of aromatic nitrogens is 3. The molecule has 140 valence electrons. The minimum Gasteiger partial charge on any atom is -0.481 e. The second-order valence-corrected chi connectivity index (χ2v) is 7.32. The van der Waals surface area contributed by atoms with E-state index in [2.05, 4.69) is 36.2 Å². The average molecular weight is 389 g/mol. The van der Waals surface area contributed by atoms with Gasteiger partial charge in [-0.1, -0.05) is 60.7 Å². The molecular formula is C22H19N3O2S. The number of carboxylic acid groups (broad SMARTS) is 1. The third-order valence-corrected chi connectivity index (χ3v) is 5.40. The number of carboxylic acids is 1. The third-order valence-electron chi connectivity index (χ3n) is 4.53. The molecule has 0 aliphatic rings. The van der Waals surface area contributed by atoms with Gasteiger partial charge in [-0.2, -0.15) is 5.10 Å². The standard InChI is InChI=1S/C22H19N3O2S/c1-15-20(16-8-4-2-5-9-16)24-25(21(15)17-10-6-3-7-11-17)22-23-18(14-28-22)12-13-19(26)27/h2-11,14H,12-13H2,1H3,(H,26,27). The molecule has 0 aliphatic heterocycles. The van der Waals surface area contributed by atoms with Crippen molar-refractivity contribution in [2.45, 2.75) is 19.8 Å². The summed E-state index contributed by atoms with van der Waals surface area (Å²) in [5, 5.41) is 16.4. The summed E-state index contributed by atoms with van der Waals surface area (Å²) in [6, 6.07) is 20.2. The van der Waals surface area contributed by atoms with Crippen LogP contribution in [0.25, 0.3) is 27.6 Å². The fourth-order valence-electron chi connectivity index (χ4n) is 3.18. The topological polar surface area (TPSA) is 68.0 Å². The molecule has 0 saturated heterocycles. The van der Waals surface area contributed by atoms with Gasteiger partial charge in [0.1, 0.15) is 0 Å². The first-order valence-corrected chi connectivity index (χ1v) is 9.88. The van der Waals surface area contributed by atoms with Gasteiger partial charge in [0.25, 0.3) is 0 Å². The smallest absolute Gasteiger partial charge is 0.303 e. The summed E-state index contributed by atoms with van der Waals surface area (Å²) in [5.74, 6) is -0.819. The van der Waals surface area contributed by atoms with Gasteiger partial charge in [0.2, 0.25) is 5.13 Å². The second kappa shape index (κ2) is 7.78. The van der Waals surface area contributed by atoms with Crippen molar-refractivity contribution in [1.29, 1.82) is 0 Å². The quantitative estimate of drug-likeness (QED) is 0.504. The monoisotopic (exact) mass is 389 g/mol. The Morgan fingerprint density at radius 3 is 2.32 bits per heavy atom. The van der Waals surface area contributed by atoms with Crippen LogP contribution in [0.1, 0.15) is 17.7 Å². The molecule has 0 amide bonds. The molecule has 28 heavy (non-hydrogen) atoms. The number of hydrogen-bond donors (Lipinski definition) is 1. The number of rotatable bonds is 6. The lowest BCUT2D eigenvalue weighted by Gasteiger charge is -2.05. The summed E-state index contributed by atoms with van der Waals surface area (Å²) in [6.07, 6.45) is 0.487. The molecule has 0 spiro atoms. The zero-order valence-corrected chi connectivity index (χ0v) is 16.2. The minimum absolute atomic E-state index is 0.0715. The zero-order chi connectivity index (χ0) is 19.5. The van der Waals surface area contributed by atoms with Crippen molar-refractivity contribution in [3.8, 4) is 27.6 Å². The summed E-state index contributed by atoms with van der Waals surface area (Å²) in [7, 11) is 0. The molecule has 2 aromatic heterocycles. The lowest BCUT2D eigenvalue weighted by Crippen LogP contribution is -2.01. The average Bonchev–Trinajstić information content (AvgIpc) is 3.32. The highest BCUT2D eigenvalue weighted by atomic mass is 32.1. The van der Waals surface area contributed by atoms with Crippen molar-refractivity contribution in [2.75, 3.05) is 0 Å². The number of aryl methyl sites for hydroxylation is 1. The fraction of sp³-hybridized carbons (Fsp3) is 0.136. The number of nitrogens with zero attached hydrogens (tertiary/aromatic N) is 3. The molecule has 0 aliphatic carbocycles. The summed E-state index contributed by atoms with van der Waals surface area (Å²) < 4.78 is 1.88. The molecule has 5 nitrogen and oxygen atoms in total. The van der Waals surface area contributed by atoms with Crippen molar-refractivity contribution in [1.82, 2.24) is 14.8 Å². The van der Waals surface area contributed by atoms with E-state index in [-0.39, 0.29) is 6.42 Å². The summed E-state index contributed by atoms with van der Waals surface area (Å²) in [4.78, 5) is 15.5. The van der Waals surface area contributed by atoms with Crippen LogP contribution in [0.2, 0.25) is 0 Å². The Bertz CT molecular complexity index is 1100. The summed E-state index contributed by atoms with van der Waals surface area (Å²) in [5.41, 5.74) is 5.89. The maximum Gasteiger partial charge on any atom is 0.303 e. The Morgan fingerprint density at radius 2 is 1.68 bits per heavy atom. The Balaban J connectivity index is 1.83. The maximum atomic E-state index is 10.9. The van der Waals surface area contributed by atoms with E-state index < -0.39 is 5.97 Å². The molecule has 2 heterocycles. The Morgan fingerprint density at radius 1 is 1.04 bits per heavy atom. The van der Waals surface area contributed by atoms with Gasteiger partial charge < -0.3 is 5.11 Å². The molecule has 0 bridgehead atoms. The molecular weight excluding hydrogens is 370 g/mol. The number of carbonyl (C=O) groups is 1. The zero-order valence-electron chi connectivity index (χ0n) is 15.4.